The number of carbonyl (C=O) groups is 2. The fourth-order valence-electron chi connectivity index (χ4n) is 2.03. The maximum Gasteiger partial charge on any atom is 0.295 e. The number of thioether (sulfide) groups is 1. The lowest BCUT2D eigenvalue weighted by molar-refractivity contribution is -0.122. The number of hydrogen-bond donors (Lipinski definition) is 1. The number of nitrogens with one attached hydrogen (secondary N) is 1. The van der Waals surface area contributed by atoms with Crippen molar-refractivity contribution >= 4 is 57.3 Å². The van der Waals surface area contributed by atoms with Gasteiger partial charge in [0.2, 0.25) is 0 Å². The van der Waals surface area contributed by atoms with E-state index in [-0.39, 0.29) is 17.8 Å². The molecule has 1 aliphatic rings. The zero-order valence-electron chi connectivity index (χ0n) is 12.2. The molecule has 0 radical (unpaired) electrons. The van der Waals surface area contributed by atoms with Crippen molar-refractivity contribution in [2.45, 2.75) is 6.92 Å². The molecule has 1 N–H and O–H groups in total. The molecule has 1 aliphatic heterocycles. The number of amides is 2. The van der Waals surface area contributed by atoms with Crippen LogP contribution in [0.5, 0.6) is 0 Å². The third-order valence-corrected chi connectivity index (χ3v) is 4.82. The Morgan fingerprint density at radius 1 is 1.22 bits per heavy atom. The highest BCUT2D eigenvalue weighted by molar-refractivity contribution is 14.1. The Morgan fingerprint density at radius 2 is 1.96 bits per heavy atom. The molecule has 5 nitrogen and oxygen atoms in total. The maximum absolute atomic E-state index is 12.3. The third kappa shape index (κ3) is 3.78. The van der Waals surface area contributed by atoms with Crippen LogP contribution in [0.1, 0.15) is 11.5 Å². The van der Waals surface area contributed by atoms with Gasteiger partial charge in [0.05, 0.1) is 11.6 Å². The molecule has 0 atom stereocenters. The number of hydrogen-bond acceptors (Lipinski definition) is 5. The SMILES string of the molecule is Cc1ccc(C=C2SC(=O)N(CNc3ccc(I)cc3)C2=O)o1. The highest BCUT2D eigenvalue weighted by Crippen LogP contribution is 2.32. The molecular weight excluding hydrogens is 427 g/mol. The molecule has 0 saturated carbocycles. The van der Waals surface area contributed by atoms with Gasteiger partial charge in [-0.3, -0.25) is 14.5 Å². The minimum atomic E-state index is -0.313. The molecule has 0 spiro atoms. The largest absolute Gasteiger partial charge is 0.462 e. The van der Waals surface area contributed by atoms with Crippen LogP contribution in [-0.2, 0) is 4.79 Å². The second kappa shape index (κ2) is 6.79. The number of anilines is 1. The average Bonchev–Trinajstić information content (AvgIpc) is 3.04. The third-order valence-electron chi connectivity index (χ3n) is 3.19. The minimum Gasteiger partial charge on any atom is -0.462 e. The van der Waals surface area contributed by atoms with Crippen LogP contribution in [0.3, 0.4) is 0 Å². The van der Waals surface area contributed by atoms with Gasteiger partial charge in [-0.1, -0.05) is 0 Å². The van der Waals surface area contributed by atoms with Gasteiger partial charge in [0, 0.05) is 15.3 Å². The van der Waals surface area contributed by atoms with Gasteiger partial charge in [0.1, 0.15) is 11.5 Å². The van der Waals surface area contributed by atoms with Gasteiger partial charge in [-0.2, -0.15) is 0 Å². The molecule has 1 fully saturated rings. The van der Waals surface area contributed by atoms with Crippen LogP contribution in [0.2, 0.25) is 0 Å². The van der Waals surface area contributed by atoms with Gasteiger partial charge in [-0.25, -0.2) is 0 Å². The molecule has 1 saturated heterocycles. The first-order valence-corrected chi connectivity index (χ1v) is 8.74. The van der Waals surface area contributed by atoms with E-state index in [0.29, 0.717) is 10.7 Å². The van der Waals surface area contributed by atoms with E-state index in [4.69, 9.17) is 4.42 Å². The molecular formula is C16H13IN2O3S. The summed E-state index contributed by atoms with van der Waals surface area (Å²) < 4.78 is 6.54. The van der Waals surface area contributed by atoms with E-state index >= 15 is 0 Å². The summed E-state index contributed by atoms with van der Waals surface area (Å²) in [5.74, 6) is 1.02. The second-order valence-corrected chi connectivity index (χ2v) is 7.14. The van der Waals surface area contributed by atoms with E-state index < -0.39 is 0 Å². The highest BCUT2D eigenvalue weighted by Gasteiger charge is 2.35. The molecule has 1 aromatic carbocycles. The zero-order chi connectivity index (χ0) is 16.4. The number of aryl methyl sites for hydroxylation is 1. The van der Waals surface area contributed by atoms with Gasteiger partial charge in [0.15, 0.2) is 0 Å². The van der Waals surface area contributed by atoms with Crippen LogP contribution in [0.15, 0.2) is 45.7 Å². The van der Waals surface area contributed by atoms with E-state index in [1.54, 1.807) is 12.1 Å². The van der Waals surface area contributed by atoms with Gasteiger partial charge in [-0.15, -0.1) is 0 Å². The standard InChI is InChI=1S/C16H13IN2O3S/c1-10-2-7-13(22-10)8-14-15(20)19(16(21)23-14)9-18-12-5-3-11(17)4-6-12/h2-8,18H,9H2,1H3. The van der Waals surface area contributed by atoms with Gasteiger partial charge in [0.25, 0.3) is 11.1 Å². The van der Waals surface area contributed by atoms with Crippen LogP contribution in [0, 0.1) is 10.5 Å². The fraction of sp³-hybridized carbons (Fsp3) is 0.125. The molecule has 2 heterocycles. The van der Waals surface area contributed by atoms with Crippen LogP contribution in [-0.4, -0.2) is 22.7 Å². The quantitative estimate of drug-likeness (QED) is 0.568. The maximum atomic E-state index is 12.3. The van der Waals surface area contributed by atoms with Crippen LogP contribution in [0.4, 0.5) is 10.5 Å². The first-order valence-electron chi connectivity index (χ1n) is 6.84. The lowest BCUT2D eigenvalue weighted by Crippen LogP contribution is -2.33. The summed E-state index contributed by atoms with van der Waals surface area (Å²) >= 11 is 3.14. The van der Waals surface area contributed by atoms with Crippen molar-refractivity contribution in [3.8, 4) is 0 Å². The molecule has 0 unspecified atom stereocenters. The van der Waals surface area contributed by atoms with Crippen molar-refractivity contribution in [2.75, 3.05) is 12.0 Å². The summed E-state index contributed by atoms with van der Waals surface area (Å²) in [6.07, 6.45) is 1.60. The molecule has 118 valence electrons. The Labute approximate surface area is 151 Å². The normalized spacial score (nSPS) is 16.4. The summed E-state index contributed by atoms with van der Waals surface area (Å²) in [6, 6.07) is 11.3. The highest BCUT2D eigenvalue weighted by atomic mass is 127. The van der Waals surface area contributed by atoms with Crippen molar-refractivity contribution in [3.63, 3.8) is 0 Å². The van der Waals surface area contributed by atoms with E-state index in [2.05, 4.69) is 27.9 Å². The Kier molecular flexibility index (Phi) is 4.76. The van der Waals surface area contributed by atoms with E-state index in [1.165, 1.54) is 4.90 Å². The smallest absolute Gasteiger partial charge is 0.295 e. The Balaban J connectivity index is 1.69. The van der Waals surface area contributed by atoms with Gasteiger partial charge >= 0.3 is 0 Å². The number of furan rings is 1. The van der Waals surface area contributed by atoms with Crippen LogP contribution < -0.4 is 5.32 Å². The first kappa shape index (κ1) is 16.1. The number of benzene rings is 1. The Bertz CT molecular complexity index is 783. The lowest BCUT2D eigenvalue weighted by Gasteiger charge is -2.14. The van der Waals surface area contributed by atoms with Crippen molar-refractivity contribution in [3.05, 3.63) is 56.4 Å². The molecule has 2 amide bonds. The predicted molar refractivity (Wildman–Crippen MR) is 98.9 cm³/mol. The van der Waals surface area contributed by atoms with E-state index in [9.17, 15) is 9.59 Å². The molecule has 1 aromatic heterocycles. The molecule has 3 rings (SSSR count). The Hall–Kier alpha value is -1.74. The summed E-state index contributed by atoms with van der Waals surface area (Å²) in [4.78, 5) is 25.9. The summed E-state index contributed by atoms with van der Waals surface area (Å²) in [5, 5.41) is 2.79. The number of imide groups is 1. The van der Waals surface area contributed by atoms with Crippen molar-refractivity contribution in [1.29, 1.82) is 0 Å². The van der Waals surface area contributed by atoms with Crippen molar-refractivity contribution in [1.82, 2.24) is 4.90 Å². The fourth-order valence-corrected chi connectivity index (χ4v) is 3.21. The number of halogens is 1. The molecule has 0 bridgehead atoms. The lowest BCUT2D eigenvalue weighted by atomic mass is 10.3. The monoisotopic (exact) mass is 440 g/mol. The zero-order valence-corrected chi connectivity index (χ0v) is 15.2. The minimum absolute atomic E-state index is 0.139. The number of rotatable bonds is 4. The molecule has 23 heavy (non-hydrogen) atoms. The van der Waals surface area contributed by atoms with Crippen LogP contribution >= 0.6 is 34.4 Å². The van der Waals surface area contributed by atoms with Gasteiger partial charge in [-0.05, 0) is 77.7 Å². The average molecular weight is 440 g/mol. The van der Waals surface area contributed by atoms with E-state index in [0.717, 1.165) is 26.8 Å². The molecule has 7 heteroatoms. The predicted octanol–water partition coefficient (Wildman–Crippen LogP) is 4.30. The summed E-state index contributed by atoms with van der Waals surface area (Å²) in [6.45, 7) is 1.97. The van der Waals surface area contributed by atoms with Crippen molar-refractivity contribution in [2.24, 2.45) is 0 Å². The molecule has 2 aromatic rings. The topological polar surface area (TPSA) is 62.6 Å². The summed E-state index contributed by atoms with van der Waals surface area (Å²) in [5.41, 5.74) is 0.857. The van der Waals surface area contributed by atoms with Crippen LogP contribution in [0.25, 0.3) is 6.08 Å². The Morgan fingerprint density at radius 3 is 2.61 bits per heavy atom. The molecule has 0 aliphatic carbocycles. The number of nitrogens with zero attached hydrogens (tertiary/aromatic N) is 1. The second-order valence-electron chi connectivity index (χ2n) is 4.90. The number of carbonyl (C=O) groups excluding carboxylic acids is 2. The van der Waals surface area contributed by atoms with Crippen molar-refractivity contribution < 1.29 is 14.0 Å². The first-order chi connectivity index (χ1) is 11.0. The van der Waals surface area contributed by atoms with E-state index in [1.807, 2.05) is 37.3 Å². The van der Waals surface area contributed by atoms with Gasteiger partial charge < -0.3 is 9.73 Å². The summed E-state index contributed by atoms with van der Waals surface area (Å²) in [7, 11) is 0.